The fraction of sp³-hybridized carbons (Fsp3) is 0.150. The summed E-state index contributed by atoms with van der Waals surface area (Å²) in [5.74, 6) is -0.203. The number of nitrogens with zero attached hydrogens (tertiary/aromatic N) is 3. The molecule has 3 aromatic rings. The van der Waals surface area contributed by atoms with Gasteiger partial charge in [0.15, 0.2) is 0 Å². The largest absolute Gasteiger partial charge is 0.398 e. The Kier molecular flexibility index (Phi) is 4.24. The average molecular weight is 391 g/mol. The maximum atomic E-state index is 12.8. The Hall–Kier alpha value is -3.44. The van der Waals surface area contributed by atoms with Crippen LogP contribution in [0, 0.1) is 11.3 Å². The van der Waals surface area contributed by atoms with Gasteiger partial charge < -0.3 is 10.6 Å². The maximum Gasteiger partial charge on any atom is 0.256 e. The van der Waals surface area contributed by atoms with Gasteiger partial charge in [-0.25, -0.2) is 0 Å². The van der Waals surface area contributed by atoms with Crippen molar-refractivity contribution in [2.45, 2.75) is 11.6 Å². The number of benzene rings is 2. The Morgan fingerprint density at radius 3 is 2.93 bits per heavy atom. The monoisotopic (exact) mass is 391 g/mol. The van der Waals surface area contributed by atoms with Crippen molar-refractivity contribution in [3.8, 4) is 17.2 Å². The average Bonchev–Trinajstić information content (AvgIpc) is 3.23. The molecule has 0 aliphatic carbocycles. The lowest BCUT2D eigenvalue weighted by Crippen LogP contribution is -2.26. The zero-order valence-electron chi connectivity index (χ0n) is 15.2. The molecule has 8 heteroatoms. The molecule has 0 bridgehead atoms. The molecular formula is C20H17N5O2S. The van der Waals surface area contributed by atoms with Crippen LogP contribution in [0.3, 0.4) is 0 Å². The van der Waals surface area contributed by atoms with Gasteiger partial charge in [-0.15, -0.1) is 0 Å². The van der Waals surface area contributed by atoms with Gasteiger partial charge in [-0.1, -0.05) is 18.7 Å². The van der Waals surface area contributed by atoms with Crippen LogP contribution in [0.25, 0.3) is 22.0 Å². The van der Waals surface area contributed by atoms with E-state index in [-0.39, 0.29) is 12.5 Å². The standard InChI is InChI=1S/C20H17N5O2S/c1-11(8-21)9-25-10-15-13(4-5-16(22)18(15)20(25)26)12-3-6-17-14(7-12)19(24-23-17)28(2)27/h3-7H,1,9-10,22H2,2H3,(H,23,24). The highest BCUT2D eigenvalue weighted by Gasteiger charge is 2.32. The third-order valence-corrected chi connectivity index (χ3v) is 5.74. The molecule has 1 aliphatic rings. The molecule has 1 aromatic heterocycles. The van der Waals surface area contributed by atoms with Crippen LogP contribution in [-0.2, 0) is 17.3 Å². The SMILES string of the molecule is C=C(C#N)CN1Cc2c(-c3ccc4n[nH]c(S(C)=O)c4c3)ccc(N)c2C1=O. The van der Waals surface area contributed by atoms with Gasteiger partial charge in [-0.2, -0.15) is 10.4 Å². The van der Waals surface area contributed by atoms with Crippen LogP contribution in [0.1, 0.15) is 15.9 Å². The number of nitrogens with one attached hydrogen (secondary N) is 1. The molecule has 3 N–H and O–H groups in total. The number of hydrogen-bond donors (Lipinski definition) is 2. The minimum Gasteiger partial charge on any atom is -0.398 e. The molecule has 0 spiro atoms. The van der Waals surface area contributed by atoms with Gasteiger partial charge in [0.25, 0.3) is 5.91 Å². The van der Waals surface area contributed by atoms with E-state index in [1.165, 1.54) is 0 Å². The number of amides is 1. The lowest BCUT2D eigenvalue weighted by Gasteiger charge is -2.14. The van der Waals surface area contributed by atoms with E-state index in [4.69, 9.17) is 11.0 Å². The topological polar surface area (TPSA) is 116 Å². The van der Waals surface area contributed by atoms with Crippen LogP contribution in [0.15, 0.2) is 47.5 Å². The summed E-state index contributed by atoms with van der Waals surface area (Å²) in [6.45, 7) is 4.19. The first-order valence-electron chi connectivity index (χ1n) is 8.51. The number of aromatic nitrogens is 2. The normalized spacial score (nSPS) is 14.1. The van der Waals surface area contributed by atoms with Crippen LogP contribution in [0.2, 0.25) is 0 Å². The number of fused-ring (bicyclic) bond motifs is 2. The van der Waals surface area contributed by atoms with Crippen LogP contribution < -0.4 is 5.73 Å². The summed E-state index contributed by atoms with van der Waals surface area (Å²) < 4.78 is 12.0. The van der Waals surface area contributed by atoms with E-state index >= 15 is 0 Å². The number of aromatic amines is 1. The zero-order valence-corrected chi connectivity index (χ0v) is 16.0. The Bertz CT molecular complexity index is 1220. The van der Waals surface area contributed by atoms with Gasteiger partial charge in [-0.3, -0.25) is 14.1 Å². The lowest BCUT2D eigenvalue weighted by molar-refractivity contribution is 0.0794. The summed E-state index contributed by atoms with van der Waals surface area (Å²) in [5.41, 5.74) is 10.6. The van der Waals surface area contributed by atoms with Crippen LogP contribution in [0.5, 0.6) is 0 Å². The predicted molar refractivity (Wildman–Crippen MR) is 108 cm³/mol. The van der Waals surface area contributed by atoms with Crippen molar-refractivity contribution in [1.29, 1.82) is 5.26 Å². The second-order valence-electron chi connectivity index (χ2n) is 6.67. The first kappa shape index (κ1) is 17.9. The molecule has 2 aromatic carbocycles. The second-order valence-corrected chi connectivity index (χ2v) is 7.99. The number of nitrogens with two attached hydrogens (primary N) is 1. The van der Waals surface area contributed by atoms with Crippen LogP contribution in [-0.4, -0.2) is 38.0 Å². The summed E-state index contributed by atoms with van der Waals surface area (Å²) in [7, 11) is -1.20. The van der Waals surface area contributed by atoms with E-state index in [2.05, 4.69) is 16.8 Å². The van der Waals surface area contributed by atoms with E-state index < -0.39 is 10.8 Å². The first-order chi connectivity index (χ1) is 13.4. The molecule has 140 valence electrons. The molecule has 1 amide bonds. The minimum atomic E-state index is -1.20. The second kappa shape index (κ2) is 6.62. The highest BCUT2D eigenvalue weighted by atomic mass is 32.2. The number of carbonyl (C=O) groups excluding carboxylic acids is 1. The van der Waals surface area contributed by atoms with Crippen molar-refractivity contribution in [3.63, 3.8) is 0 Å². The highest BCUT2D eigenvalue weighted by Crippen LogP contribution is 2.37. The Labute approximate surface area is 163 Å². The van der Waals surface area contributed by atoms with Gasteiger partial charge in [0.1, 0.15) is 5.03 Å². The minimum absolute atomic E-state index is 0.169. The van der Waals surface area contributed by atoms with Gasteiger partial charge in [0, 0.05) is 29.4 Å². The number of rotatable bonds is 4. The fourth-order valence-corrected chi connectivity index (χ4v) is 4.19. The third kappa shape index (κ3) is 2.77. The van der Waals surface area contributed by atoms with Crippen molar-refractivity contribution < 1.29 is 9.00 Å². The molecule has 0 saturated heterocycles. The smallest absolute Gasteiger partial charge is 0.256 e. The number of anilines is 1. The van der Waals surface area contributed by atoms with Gasteiger partial charge >= 0.3 is 0 Å². The third-order valence-electron chi connectivity index (χ3n) is 4.85. The molecule has 0 radical (unpaired) electrons. The number of hydrogen-bond acceptors (Lipinski definition) is 5. The van der Waals surface area contributed by atoms with E-state index in [0.29, 0.717) is 28.4 Å². The molecule has 1 aliphatic heterocycles. The summed E-state index contributed by atoms with van der Waals surface area (Å²) in [5, 5.41) is 17.3. The molecule has 7 nitrogen and oxygen atoms in total. The van der Waals surface area contributed by atoms with Crippen LogP contribution >= 0.6 is 0 Å². The zero-order chi connectivity index (χ0) is 20.0. The molecule has 4 rings (SSSR count). The molecular weight excluding hydrogens is 374 g/mol. The van der Waals surface area contributed by atoms with Crippen LogP contribution in [0.4, 0.5) is 5.69 Å². The predicted octanol–water partition coefficient (Wildman–Crippen LogP) is 2.59. The van der Waals surface area contributed by atoms with Gasteiger partial charge in [-0.05, 0) is 34.9 Å². The van der Waals surface area contributed by atoms with E-state index in [0.717, 1.165) is 27.6 Å². The van der Waals surface area contributed by atoms with Crippen molar-refractivity contribution in [2.75, 3.05) is 18.5 Å². The number of carbonyl (C=O) groups is 1. The molecule has 0 fully saturated rings. The lowest BCUT2D eigenvalue weighted by atomic mass is 9.95. The Morgan fingerprint density at radius 1 is 1.43 bits per heavy atom. The number of nitriles is 1. The van der Waals surface area contributed by atoms with E-state index in [1.807, 2.05) is 30.3 Å². The van der Waals surface area contributed by atoms with Crippen molar-refractivity contribution >= 4 is 33.3 Å². The summed E-state index contributed by atoms with van der Waals surface area (Å²) in [6.07, 6.45) is 1.60. The summed E-state index contributed by atoms with van der Waals surface area (Å²) in [4.78, 5) is 14.4. The fourth-order valence-electron chi connectivity index (χ4n) is 3.54. The molecule has 28 heavy (non-hydrogen) atoms. The van der Waals surface area contributed by atoms with Crippen molar-refractivity contribution in [1.82, 2.24) is 15.1 Å². The number of H-pyrrole nitrogens is 1. The molecule has 1 unspecified atom stereocenters. The maximum absolute atomic E-state index is 12.8. The molecule has 1 atom stereocenters. The van der Waals surface area contributed by atoms with E-state index in [1.54, 1.807) is 17.2 Å². The van der Waals surface area contributed by atoms with Gasteiger partial charge in [0.05, 0.1) is 34.5 Å². The first-order valence-corrected chi connectivity index (χ1v) is 10.1. The quantitative estimate of drug-likeness (QED) is 0.524. The summed E-state index contributed by atoms with van der Waals surface area (Å²) >= 11 is 0. The molecule has 0 saturated carbocycles. The van der Waals surface area contributed by atoms with E-state index in [9.17, 15) is 9.00 Å². The van der Waals surface area contributed by atoms with Crippen molar-refractivity contribution in [3.05, 3.63) is 53.6 Å². The Balaban J connectivity index is 1.84. The summed E-state index contributed by atoms with van der Waals surface area (Å²) in [6, 6.07) is 11.3. The van der Waals surface area contributed by atoms with Gasteiger partial charge in [0.2, 0.25) is 0 Å². The Morgan fingerprint density at radius 2 is 2.21 bits per heavy atom. The highest BCUT2D eigenvalue weighted by molar-refractivity contribution is 7.84. The van der Waals surface area contributed by atoms with Crippen molar-refractivity contribution in [2.24, 2.45) is 0 Å². The molecule has 2 heterocycles. The number of nitrogen functional groups attached to an aromatic ring is 1.